The molecule has 2 aromatic rings. The minimum atomic E-state index is -0.0608. The van der Waals surface area contributed by atoms with Gasteiger partial charge in [0.05, 0.1) is 19.5 Å². The molecule has 0 aliphatic carbocycles. The van der Waals surface area contributed by atoms with Gasteiger partial charge in [-0.3, -0.25) is 0 Å². The summed E-state index contributed by atoms with van der Waals surface area (Å²) in [6, 6.07) is 0. The van der Waals surface area contributed by atoms with E-state index in [-0.39, 0.29) is 31.8 Å². The van der Waals surface area contributed by atoms with Crippen molar-refractivity contribution in [3.05, 3.63) is 6.33 Å². The van der Waals surface area contributed by atoms with Crippen LogP contribution < -0.4 is 10.5 Å². The number of aliphatic hydroxyl groups is 1. The van der Waals surface area contributed by atoms with E-state index in [4.69, 9.17) is 20.3 Å². The molecule has 8 heteroatoms. The number of hydrogen-bond donors (Lipinski definition) is 3. The molecule has 2 heterocycles. The van der Waals surface area contributed by atoms with Gasteiger partial charge in [0.2, 0.25) is 11.8 Å². The molecule has 0 atom stereocenters. The third-order valence-corrected chi connectivity index (χ3v) is 1.78. The molecule has 0 fully saturated rings. The van der Waals surface area contributed by atoms with Crippen LogP contribution in [0.15, 0.2) is 6.33 Å². The molecule has 2 aromatic heterocycles. The molecular formula is C8H11N5O3. The molecule has 0 spiro atoms. The number of nitrogen functional groups attached to an aromatic ring is 1. The van der Waals surface area contributed by atoms with Crippen molar-refractivity contribution in [2.75, 3.05) is 25.7 Å². The van der Waals surface area contributed by atoms with Crippen LogP contribution in [0.5, 0.6) is 5.88 Å². The largest absolute Gasteiger partial charge is 0.449 e. The first kappa shape index (κ1) is 10.6. The number of anilines is 1. The number of aromatic nitrogens is 4. The molecule has 2 rings (SSSR count). The zero-order valence-corrected chi connectivity index (χ0v) is 8.38. The summed E-state index contributed by atoms with van der Waals surface area (Å²) in [5.41, 5.74) is 6.47. The Morgan fingerprint density at radius 1 is 1.44 bits per heavy atom. The summed E-state index contributed by atoms with van der Waals surface area (Å²) < 4.78 is 10.2. The van der Waals surface area contributed by atoms with Crippen LogP contribution in [-0.2, 0) is 4.74 Å². The van der Waals surface area contributed by atoms with Crippen LogP contribution in [0.2, 0.25) is 0 Å². The number of nitrogens with two attached hydrogens (primary N) is 1. The fourth-order valence-electron chi connectivity index (χ4n) is 1.15. The molecule has 86 valence electrons. The molecular weight excluding hydrogens is 214 g/mol. The second-order valence-corrected chi connectivity index (χ2v) is 2.88. The van der Waals surface area contributed by atoms with Gasteiger partial charge in [0.1, 0.15) is 5.52 Å². The highest BCUT2D eigenvalue weighted by molar-refractivity contribution is 5.76. The van der Waals surface area contributed by atoms with Gasteiger partial charge in [-0.25, -0.2) is 4.98 Å². The highest BCUT2D eigenvalue weighted by Crippen LogP contribution is 2.19. The zero-order chi connectivity index (χ0) is 11.4. The van der Waals surface area contributed by atoms with Crippen molar-refractivity contribution in [3.8, 4) is 5.88 Å². The first-order valence-electron chi connectivity index (χ1n) is 4.59. The Morgan fingerprint density at radius 2 is 2.31 bits per heavy atom. The first-order valence-corrected chi connectivity index (χ1v) is 4.59. The summed E-state index contributed by atoms with van der Waals surface area (Å²) in [4.78, 5) is 14.6. The van der Waals surface area contributed by atoms with Gasteiger partial charge in [-0.2, -0.15) is 9.97 Å². The number of aromatic amines is 1. The average molecular weight is 225 g/mol. The highest BCUT2D eigenvalue weighted by Gasteiger charge is 2.09. The lowest BCUT2D eigenvalue weighted by Crippen LogP contribution is -2.08. The molecule has 0 aromatic carbocycles. The van der Waals surface area contributed by atoms with Crippen LogP contribution in [0.1, 0.15) is 0 Å². The minimum absolute atomic E-state index is 0.0227. The first-order chi connectivity index (χ1) is 7.81. The highest BCUT2D eigenvalue weighted by atomic mass is 16.7. The molecule has 0 unspecified atom stereocenters. The second-order valence-electron chi connectivity index (χ2n) is 2.88. The number of H-pyrrole nitrogens is 1. The van der Waals surface area contributed by atoms with E-state index in [0.29, 0.717) is 11.2 Å². The van der Waals surface area contributed by atoms with Gasteiger partial charge in [0, 0.05) is 0 Å². The van der Waals surface area contributed by atoms with Crippen molar-refractivity contribution in [1.29, 1.82) is 0 Å². The number of nitrogens with zero attached hydrogens (tertiary/aromatic N) is 3. The molecule has 8 nitrogen and oxygen atoms in total. The lowest BCUT2D eigenvalue weighted by Gasteiger charge is -2.06. The zero-order valence-electron chi connectivity index (χ0n) is 8.38. The van der Waals surface area contributed by atoms with Crippen molar-refractivity contribution in [1.82, 2.24) is 19.9 Å². The number of aliphatic hydroxyl groups excluding tert-OH is 1. The summed E-state index contributed by atoms with van der Waals surface area (Å²) in [5, 5.41) is 8.50. The summed E-state index contributed by atoms with van der Waals surface area (Å²) in [5.74, 6) is 0.356. The predicted octanol–water partition coefficient (Wildman–Crippen LogP) is -0.720. The number of fused-ring (bicyclic) bond motifs is 1. The number of hydrogen-bond acceptors (Lipinski definition) is 7. The number of ether oxygens (including phenoxy) is 2. The van der Waals surface area contributed by atoms with Crippen LogP contribution in [0, 0.1) is 0 Å². The molecule has 0 amide bonds. The van der Waals surface area contributed by atoms with Crippen molar-refractivity contribution >= 4 is 17.1 Å². The van der Waals surface area contributed by atoms with Gasteiger partial charge in [-0.1, -0.05) is 0 Å². The van der Waals surface area contributed by atoms with Crippen molar-refractivity contribution < 1.29 is 14.6 Å². The molecule has 4 N–H and O–H groups in total. The van der Waals surface area contributed by atoms with E-state index in [1.807, 2.05) is 0 Å². The fourth-order valence-corrected chi connectivity index (χ4v) is 1.15. The maximum Gasteiger partial charge on any atom is 0.247 e. The van der Waals surface area contributed by atoms with E-state index < -0.39 is 0 Å². The fraction of sp³-hybridized carbons (Fsp3) is 0.375. The van der Waals surface area contributed by atoms with Crippen LogP contribution in [0.3, 0.4) is 0 Å². The van der Waals surface area contributed by atoms with Gasteiger partial charge in [-0.15, -0.1) is 0 Å². The van der Waals surface area contributed by atoms with Crippen molar-refractivity contribution in [2.24, 2.45) is 0 Å². The quantitative estimate of drug-likeness (QED) is 0.453. The van der Waals surface area contributed by atoms with Crippen molar-refractivity contribution in [3.63, 3.8) is 0 Å². The summed E-state index contributed by atoms with van der Waals surface area (Å²) >= 11 is 0. The number of imidazole rings is 1. The molecule has 0 aliphatic rings. The normalized spacial score (nSPS) is 10.8. The lowest BCUT2D eigenvalue weighted by molar-refractivity contribution is -0.00245. The third-order valence-electron chi connectivity index (χ3n) is 1.78. The van der Waals surface area contributed by atoms with Gasteiger partial charge in [0.25, 0.3) is 0 Å². The Morgan fingerprint density at radius 3 is 3.12 bits per heavy atom. The lowest BCUT2D eigenvalue weighted by atomic mass is 10.5. The predicted molar refractivity (Wildman–Crippen MR) is 54.6 cm³/mol. The van der Waals surface area contributed by atoms with Crippen LogP contribution in [-0.4, -0.2) is 45.0 Å². The van der Waals surface area contributed by atoms with Gasteiger partial charge < -0.3 is 25.3 Å². The third kappa shape index (κ3) is 2.18. The summed E-state index contributed by atoms with van der Waals surface area (Å²) in [6.45, 7) is 0.118. The van der Waals surface area contributed by atoms with E-state index >= 15 is 0 Å². The van der Waals surface area contributed by atoms with Crippen LogP contribution in [0.4, 0.5) is 5.95 Å². The Hall–Kier alpha value is -1.93. The second kappa shape index (κ2) is 4.73. The van der Waals surface area contributed by atoms with E-state index in [1.165, 1.54) is 6.33 Å². The van der Waals surface area contributed by atoms with Crippen molar-refractivity contribution in [2.45, 2.75) is 0 Å². The van der Waals surface area contributed by atoms with Gasteiger partial charge >= 0.3 is 0 Å². The van der Waals surface area contributed by atoms with Crippen LogP contribution >= 0.6 is 0 Å². The number of nitrogens with one attached hydrogen (secondary N) is 1. The molecule has 0 saturated heterocycles. The maximum atomic E-state index is 8.50. The molecule has 16 heavy (non-hydrogen) atoms. The van der Waals surface area contributed by atoms with E-state index in [2.05, 4.69) is 19.9 Å². The maximum absolute atomic E-state index is 8.50. The molecule has 0 aliphatic heterocycles. The number of rotatable bonds is 5. The average Bonchev–Trinajstić information content (AvgIpc) is 2.72. The molecule has 0 radical (unpaired) electrons. The Kier molecular flexibility index (Phi) is 3.13. The monoisotopic (exact) mass is 225 g/mol. The Balaban J connectivity index is 2.12. The minimum Gasteiger partial charge on any atom is -0.449 e. The SMILES string of the molecule is Nc1nc(OCOCCO)c2[nH]cnc2n1. The topological polar surface area (TPSA) is 119 Å². The molecule has 0 saturated carbocycles. The summed E-state index contributed by atoms with van der Waals surface area (Å²) in [6.07, 6.45) is 1.47. The van der Waals surface area contributed by atoms with E-state index in [9.17, 15) is 0 Å². The Labute approximate surface area is 90.4 Å². The van der Waals surface area contributed by atoms with E-state index in [1.54, 1.807) is 0 Å². The Bertz CT molecular complexity index is 472. The standard InChI is InChI=1S/C8H11N5O3/c9-8-12-6-5(10-3-11-6)7(13-8)16-4-15-2-1-14/h3,14H,1-2,4H2,(H3,9,10,11,12,13). The van der Waals surface area contributed by atoms with E-state index in [0.717, 1.165) is 0 Å². The summed E-state index contributed by atoms with van der Waals surface area (Å²) in [7, 11) is 0. The van der Waals surface area contributed by atoms with Gasteiger partial charge in [-0.05, 0) is 0 Å². The van der Waals surface area contributed by atoms with Crippen LogP contribution in [0.25, 0.3) is 11.2 Å². The molecule has 0 bridgehead atoms. The smallest absolute Gasteiger partial charge is 0.247 e. The van der Waals surface area contributed by atoms with Gasteiger partial charge in [0.15, 0.2) is 12.4 Å².